The maximum Gasteiger partial charge on any atom is 0.110 e. The monoisotopic (exact) mass is 264 g/mol. The number of aromatic nitrogens is 2. The molecule has 0 spiro atoms. The van der Waals surface area contributed by atoms with E-state index in [9.17, 15) is 0 Å². The molecular weight excluding hydrogens is 248 g/mol. The Bertz CT molecular complexity index is 760. The van der Waals surface area contributed by atoms with Gasteiger partial charge in [0.2, 0.25) is 0 Å². The Hall–Kier alpha value is -2.62. The van der Waals surface area contributed by atoms with Crippen LogP contribution in [0, 0.1) is 0 Å². The van der Waals surface area contributed by atoms with E-state index in [-0.39, 0.29) is 0 Å². The summed E-state index contributed by atoms with van der Waals surface area (Å²) in [5.41, 5.74) is 8.71. The van der Waals surface area contributed by atoms with Crippen LogP contribution in [0.3, 0.4) is 0 Å². The lowest BCUT2D eigenvalue weighted by Gasteiger charge is -2.06. The average Bonchev–Trinajstić information content (AvgIpc) is 2.89. The largest absolute Gasteiger partial charge is 0.399 e. The Morgan fingerprint density at radius 2 is 2.35 bits per heavy atom. The van der Waals surface area contributed by atoms with E-state index in [1.54, 1.807) is 6.20 Å². The highest BCUT2D eigenvalue weighted by molar-refractivity contribution is 5.93. The van der Waals surface area contributed by atoms with Crippen LogP contribution in [0.15, 0.2) is 71.4 Å². The predicted molar refractivity (Wildman–Crippen MR) is 82.4 cm³/mol. The van der Waals surface area contributed by atoms with Gasteiger partial charge in [-0.05, 0) is 43.2 Å². The molecule has 1 aliphatic rings. The quantitative estimate of drug-likeness (QED) is 0.636. The molecule has 20 heavy (non-hydrogen) atoms. The van der Waals surface area contributed by atoms with E-state index in [2.05, 4.69) is 16.0 Å². The molecular formula is C16H16N4. The lowest BCUT2D eigenvalue weighted by atomic mass is 10.1. The summed E-state index contributed by atoms with van der Waals surface area (Å²) in [6.07, 6.45) is 14.3. The van der Waals surface area contributed by atoms with Gasteiger partial charge >= 0.3 is 0 Å². The SMILES string of the molecule is C/C(=N\C=C1\C=C(N)C=CC1)n1ccc2ccncc21. The molecule has 0 amide bonds. The number of pyridine rings is 1. The molecule has 4 nitrogen and oxygen atoms in total. The van der Waals surface area contributed by atoms with Crippen molar-refractivity contribution in [1.82, 2.24) is 9.55 Å². The Kier molecular flexibility index (Phi) is 3.21. The number of hydrogen-bond acceptors (Lipinski definition) is 3. The van der Waals surface area contributed by atoms with Crippen molar-refractivity contribution in [2.24, 2.45) is 10.7 Å². The third-order valence-electron chi connectivity index (χ3n) is 3.28. The summed E-state index contributed by atoms with van der Waals surface area (Å²) in [5.74, 6) is 0.905. The second-order valence-corrected chi connectivity index (χ2v) is 4.75. The van der Waals surface area contributed by atoms with Gasteiger partial charge in [0.1, 0.15) is 5.84 Å². The van der Waals surface area contributed by atoms with Crippen molar-refractivity contribution in [3.63, 3.8) is 0 Å². The highest BCUT2D eigenvalue weighted by Gasteiger charge is 2.03. The summed E-state index contributed by atoms with van der Waals surface area (Å²) in [5, 5.41) is 1.16. The van der Waals surface area contributed by atoms with Crippen LogP contribution >= 0.6 is 0 Å². The predicted octanol–water partition coefficient (Wildman–Crippen LogP) is 2.99. The fourth-order valence-electron chi connectivity index (χ4n) is 2.24. The zero-order valence-corrected chi connectivity index (χ0v) is 11.3. The molecule has 0 radical (unpaired) electrons. The van der Waals surface area contributed by atoms with Crippen molar-refractivity contribution in [2.75, 3.05) is 0 Å². The first-order chi connectivity index (χ1) is 9.74. The van der Waals surface area contributed by atoms with E-state index >= 15 is 0 Å². The Labute approximate surface area is 117 Å². The van der Waals surface area contributed by atoms with Crippen molar-refractivity contribution < 1.29 is 0 Å². The first-order valence-electron chi connectivity index (χ1n) is 6.52. The maximum atomic E-state index is 5.77. The smallest absolute Gasteiger partial charge is 0.110 e. The van der Waals surface area contributed by atoms with Crippen LogP contribution in [-0.2, 0) is 0 Å². The van der Waals surface area contributed by atoms with Crippen LogP contribution in [0.2, 0.25) is 0 Å². The third kappa shape index (κ3) is 2.40. The number of hydrogen-bond donors (Lipinski definition) is 1. The highest BCUT2D eigenvalue weighted by atomic mass is 15.0. The van der Waals surface area contributed by atoms with Crippen LogP contribution in [0.25, 0.3) is 10.9 Å². The van der Waals surface area contributed by atoms with Crippen molar-refractivity contribution in [1.29, 1.82) is 0 Å². The van der Waals surface area contributed by atoms with Gasteiger partial charge in [-0.25, -0.2) is 4.99 Å². The summed E-state index contributed by atoms with van der Waals surface area (Å²) < 4.78 is 2.03. The Balaban J connectivity index is 1.93. The van der Waals surface area contributed by atoms with Crippen LogP contribution in [0.4, 0.5) is 0 Å². The first-order valence-corrected chi connectivity index (χ1v) is 6.52. The molecule has 3 rings (SSSR count). The zero-order chi connectivity index (χ0) is 13.9. The van der Waals surface area contributed by atoms with Gasteiger partial charge in [-0.2, -0.15) is 0 Å². The molecule has 0 saturated carbocycles. The molecule has 0 saturated heterocycles. The minimum Gasteiger partial charge on any atom is -0.399 e. The lowest BCUT2D eigenvalue weighted by molar-refractivity contribution is 1.15. The standard InChI is InChI=1S/C16H16N4/c1-12(19-10-13-3-2-4-15(17)9-13)20-8-6-14-5-7-18-11-16(14)20/h2,4-11H,3,17H2,1H3/b13-10+,19-12+. The molecule has 2 aromatic rings. The molecule has 2 N–H and O–H groups in total. The fourth-order valence-corrected chi connectivity index (χ4v) is 2.24. The van der Waals surface area contributed by atoms with Gasteiger partial charge in [-0.15, -0.1) is 0 Å². The van der Waals surface area contributed by atoms with Crippen molar-refractivity contribution in [3.8, 4) is 0 Å². The molecule has 100 valence electrons. The maximum absolute atomic E-state index is 5.77. The van der Waals surface area contributed by atoms with Gasteiger partial charge in [0.05, 0.1) is 11.7 Å². The van der Waals surface area contributed by atoms with E-state index in [0.717, 1.165) is 34.4 Å². The summed E-state index contributed by atoms with van der Waals surface area (Å²) in [6, 6.07) is 4.05. The lowest BCUT2D eigenvalue weighted by Crippen LogP contribution is -2.05. The van der Waals surface area contributed by atoms with Crippen molar-refractivity contribution in [3.05, 3.63) is 66.4 Å². The van der Waals surface area contributed by atoms with E-state index in [1.165, 1.54) is 0 Å². The van der Waals surface area contributed by atoms with Gasteiger partial charge < -0.3 is 10.3 Å². The molecule has 0 fully saturated rings. The van der Waals surface area contributed by atoms with Crippen molar-refractivity contribution in [2.45, 2.75) is 13.3 Å². The second kappa shape index (κ2) is 5.17. The van der Waals surface area contributed by atoms with Gasteiger partial charge in [0, 0.05) is 29.7 Å². The number of aliphatic imine (C=N–C) groups is 1. The van der Waals surface area contributed by atoms with Crippen LogP contribution in [0.1, 0.15) is 13.3 Å². The second-order valence-electron chi connectivity index (χ2n) is 4.75. The van der Waals surface area contributed by atoms with Gasteiger partial charge in [-0.3, -0.25) is 4.98 Å². The molecule has 0 bridgehead atoms. The number of allylic oxidation sites excluding steroid dienone is 4. The topological polar surface area (TPSA) is 56.2 Å². The Morgan fingerprint density at radius 1 is 1.45 bits per heavy atom. The van der Waals surface area contributed by atoms with Crippen molar-refractivity contribution >= 4 is 16.7 Å². The number of nitrogens with two attached hydrogens (primary N) is 1. The van der Waals surface area contributed by atoms with E-state index in [4.69, 9.17) is 5.73 Å². The molecule has 0 atom stereocenters. The summed E-state index contributed by atoms with van der Waals surface area (Å²) in [4.78, 5) is 8.69. The highest BCUT2D eigenvalue weighted by Crippen LogP contribution is 2.15. The van der Waals surface area contributed by atoms with Crippen LogP contribution < -0.4 is 5.73 Å². The third-order valence-corrected chi connectivity index (χ3v) is 3.28. The summed E-state index contributed by atoms with van der Waals surface area (Å²) in [7, 11) is 0. The average molecular weight is 264 g/mol. The molecule has 0 aromatic carbocycles. The summed E-state index contributed by atoms with van der Waals surface area (Å²) >= 11 is 0. The number of fused-ring (bicyclic) bond motifs is 1. The van der Waals surface area contributed by atoms with E-state index < -0.39 is 0 Å². The van der Waals surface area contributed by atoms with E-state index in [1.807, 2.05) is 54.4 Å². The fraction of sp³-hybridized carbons (Fsp3) is 0.125. The molecule has 0 aliphatic heterocycles. The minimum atomic E-state index is 0.769. The molecule has 4 heteroatoms. The first kappa shape index (κ1) is 12.4. The summed E-state index contributed by atoms with van der Waals surface area (Å²) in [6.45, 7) is 1.98. The van der Waals surface area contributed by atoms with Gasteiger partial charge in [-0.1, -0.05) is 6.08 Å². The minimum absolute atomic E-state index is 0.769. The molecule has 0 unspecified atom stereocenters. The molecule has 2 heterocycles. The van der Waals surface area contributed by atoms with Gasteiger partial charge in [0.25, 0.3) is 0 Å². The van der Waals surface area contributed by atoms with Gasteiger partial charge in [0.15, 0.2) is 0 Å². The molecule has 1 aliphatic carbocycles. The van der Waals surface area contributed by atoms with Crippen LogP contribution in [-0.4, -0.2) is 15.4 Å². The zero-order valence-electron chi connectivity index (χ0n) is 11.3. The Morgan fingerprint density at radius 3 is 3.20 bits per heavy atom. The normalized spacial score (nSPS) is 17.8. The van der Waals surface area contributed by atoms with E-state index in [0.29, 0.717) is 0 Å². The van der Waals surface area contributed by atoms with Crippen LogP contribution in [0.5, 0.6) is 0 Å². The number of nitrogens with zero attached hydrogens (tertiary/aromatic N) is 3. The molecule has 2 aromatic heterocycles. The number of rotatable bonds is 1.